The molecule has 0 aromatic carbocycles. The summed E-state index contributed by atoms with van der Waals surface area (Å²) in [6.07, 6.45) is 4.47. The van der Waals surface area contributed by atoms with Gasteiger partial charge in [0, 0.05) is 24.0 Å². The SMILES string of the molecule is COc1cc(-c2cnc3c(n2)c(I)cn3C(=O)OC(C)(C)C)ccn1. The lowest BCUT2D eigenvalue weighted by atomic mass is 10.2. The van der Waals surface area contributed by atoms with Gasteiger partial charge >= 0.3 is 6.09 Å². The summed E-state index contributed by atoms with van der Waals surface area (Å²) in [5, 5.41) is 0. The molecule has 8 heteroatoms. The number of fused-ring (bicyclic) bond motifs is 1. The Morgan fingerprint density at radius 3 is 2.72 bits per heavy atom. The molecule has 0 saturated heterocycles. The second-order valence-corrected chi connectivity index (χ2v) is 7.50. The molecule has 130 valence electrons. The van der Waals surface area contributed by atoms with E-state index in [9.17, 15) is 4.79 Å². The quantitative estimate of drug-likeness (QED) is 0.549. The molecule has 0 amide bonds. The highest BCUT2D eigenvalue weighted by atomic mass is 127. The molecular weight excluding hydrogens is 435 g/mol. The largest absolute Gasteiger partial charge is 0.481 e. The Kier molecular flexibility index (Phi) is 4.63. The summed E-state index contributed by atoms with van der Waals surface area (Å²) in [5.41, 5.74) is 2.03. The van der Waals surface area contributed by atoms with Crippen LogP contribution in [0.1, 0.15) is 20.8 Å². The van der Waals surface area contributed by atoms with Gasteiger partial charge in [-0.3, -0.25) is 0 Å². The van der Waals surface area contributed by atoms with E-state index in [4.69, 9.17) is 9.47 Å². The van der Waals surface area contributed by atoms with E-state index in [1.165, 1.54) is 4.57 Å². The van der Waals surface area contributed by atoms with Gasteiger partial charge in [0.15, 0.2) is 5.65 Å². The third-order valence-electron chi connectivity index (χ3n) is 3.28. The maximum atomic E-state index is 12.4. The minimum absolute atomic E-state index is 0.462. The highest BCUT2D eigenvalue weighted by molar-refractivity contribution is 14.1. The van der Waals surface area contributed by atoms with Gasteiger partial charge < -0.3 is 9.47 Å². The molecule has 0 radical (unpaired) electrons. The molecule has 0 unspecified atom stereocenters. The van der Waals surface area contributed by atoms with Crippen molar-refractivity contribution < 1.29 is 14.3 Å². The van der Waals surface area contributed by atoms with Crippen molar-refractivity contribution >= 4 is 39.8 Å². The number of pyridine rings is 1. The number of nitrogens with zero attached hydrogens (tertiary/aromatic N) is 4. The van der Waals surface area contributed by atoms with Crippen molar-refractivity contribution in [2.75, 3.05) is 7.11 Å². The molecule has 25 heavy (non-hydrogen) atoms. The zero-order valence-corrected chi connectivity index (χ0v) is 16.4. The minimum Gasteiger partial charge on any atom is -0.481 e. The summed E-state index contributed by atoms with van der Waals surface area (Å²) in [7, 11) is 1.56. The Morgan fingerprint density at radius 1 is 1.28 bits per heavy atom. The Morgan fingerprint density at radius 2 is 2.04 bits per heavy atom. The fourth-order valence-corrected chi connectivity index (χ4v) is 2.86. The van der Waals surface area contributed by atoms with E-state index in [0.717, 1.165) is 9.13 Å². The number of carbonyl (C=O) groups is 1. The number of rotatable bonds is 2. The number of hydrogen-bond donors (Lipinski definition) is 0. The highest BCUT2D eigenvalue weighted by Crippen LogP contribution is 2.25. The molecular formula is C17H17IN4O3. The van der Waals surface area contributed by atoms with Crippen LogP contribution in [-0.4, -0.2) is 38.3 Å². The third-order valence-corrected chi connectivity index (χ3v) is 4.07. The van der Waals surface area contributed by atoms with Crippen LogP contribution >= 0.6 is 22.6 Å². The molecule has 0 spiro atoms. The normalized spacial score (nSPS) is 11.6. The molecule has 0 aliphatic rings. The molecule has 0 aliphatic heterocycles. The molecule has 3 rings (SSSR count). The molecule has 3 aromatic heterocycles. The molecule has 0 N–H and O–H groups in total. The summed E-state index contributed by atoms with van der Waals surface area (Å²) in [4.78, 5) is 25.5. The summed E-state index contributed by atoms with van der Waals surface area (Å²) in [5.74, 6) is 0.500. The predicted molar refractivity (Wildman–Crippen MR) is 102 cm³/mol. The van der Waals surface area contributed by atoms with Crippen molar-refractivity contribution in [2.24, 2.45) is 0 Å². The van der Waals surface area contributed by atoms with Crippen molar-refractivity contribution in [2.45, 2.75) is 26.4 Å². The van der Waals surface area contributed by atoms with Gasteiger partial charge in [-0.05, 0) is 49.4 Å². The molecule has 3 heterocycles. The number of hydrogen-bond acceptors (Lipinski definition) is 6. The van der Waals surface area contributed by atoms with Gasteiger partial charge in [0.25, 0.3) is 0 Å². The molecule has 0 bridgehead atoms. The Labute approximate surface area is 158 Å². The van der Waals surface area contributed by atoms with E-state index < -0.39 is 11.7 Å². The van der Waals surface area contributed by atoms with E-state index >= 15 is 0 Å². The molecule has 0 atom stereocenters. The number of ether oxygens (including phenoxy) is 2. The van der Waals surface area contributed by atoms with E-state index in [1.54, 1.807) is 31.8 Å². The highest BCUT2D eigenvalue weighted by Gasteiger charge is 2.22. The topological polar surface area (TPSA) is 79.1 Å². The molecule has 0 fully saturated rings. The average molecular weight is 452 g/mol. The maximum absolute atomic E-state index is 12.4. The van der Waals surface area contributed by atoms with Crippen LogP contribution in [0, 0.1) is 3.57 Å². The van der Waals surface area contributed by atoms with Gasteiger partial charge in [0.2, 0.25) is 5.88 Å². The summed E-state index contributed by atoms with van der Waals surface area (Å²) >= 11 is 2.13. The molecule has 0 saturated carbocycles. The number of aromatic nitrogens is 4. The van der Waals surface area contributed by atoms with Crippen LogP contribution in [0.2, 0.25) is 0 Å². The molecule has 7 nitrogen and oxygen atoms in total. The average Bonchev–Trinajstić information content (AvgIpc) is 2.90. The lowest BCUT2D eigenvalue weighted by molar-refractivity contribution is 0.0543. The fraction of sp³-hybridized carbons (Fsp3) is 0.294. The summed E-state index contributed by atoms with van der Waals surface area (Å²) < 4.78 is 12.8. The molecule has 3 aromatic rings. The summed E-state index contributed by atoms with van der Waals surface area (Å²) in [6.45, 7) is 5.46. The van der Waals surface area contributed by atoms with Crippen LogP contribution in [0.4, 0.5) is 4.79 Å². The minimum atomic E-state index is -0.583. The first-order valence-electron chi connectivity index (χ1n) is 7.56. The first-order valence-corrected chi connectivity index (χ1v) is 8.64. The van der Waals surface area contributed by atoms with Crippen LogP contribution in [0.15, 0.2) is 30.7 Å². The van der Waals surface area contributed by atoms with Crippen LogP contribution < -0.4 is 4.74 Å². The zero-order chi connectivity index (χ0) is 18.2. The van der Waals surface area contributed by atoms with Crippen molar-refractivity contribution in [3.8, 4) is 17.1 Å². The van der Waals surface area contributed by atoms with Crippen molar-refractivity contribution in [1.29, 1.82) is 0 Å². The van der Waals surface area contributed by atoms with Crippen LogP contribution in [0.25, 0.3) is 22.4 Å². The number of carbonyl (C=O) groups excluding carboxylic acids is 1. The van der Waals surface area contributed by atoms with Gasteiger partial charge in [-0.25, -0.2) is 24.3 Å². The van der Waals surface area contributed by atoms with Gasteiger partial charge in [0.05, 0.1) is 22.6 Å². The standard InChI is InChI=1S/C17H17IN4O3/c1-17(2,3)25-16(23)22-9-11(18)14-15(22)20-8-12(21-14)10-5-6-19-13(7-10)24-4/h5-9H,1-4H3. The van der Waals surface area contributed by atoms with Gasteiger partial charge in [0.1, 0.15) is 11.1 Å². The second kappa shape index (κ2) is 6.58. The van der Waals surface area contributed by atoms with E-state index in [-0.39, 0.29) is 0 Å². The lowest BCUT2D eigenvalue weighted by Crippen LogP contribution is -2.26. The van der Waals surface area contributed by atoms with Crippen LogP contribution in [0.5, 0.6) is 5.88 Å². The summed E-state index contributed by atoms with van der Waals surface area (Å²) in [6, 6.07) is 3.61. The van der Waals surface area contributed by atoms with Crippen molar-refractivity contribution in [1.82, 2.24) is 19.5 Å². The predicted octanol–water partition coefficient (Wildman–Crippen LogP) is 3.89. The van der Waals surface area contributed by atoms with E-state index in [1.807, 2.05) is 26.8 Å². The molecule has 0 aliphatic carbocycles. The second-order valence-electron chi connectivity index (χ2n) is 6.34. The number of methoxy groups -OCH3 is 1. The lowest BCUT2D eigenvalue weighted by Gasteiger charge is -2.19. The monoisotopic (exact) mass is 452 g/mol. The van der Waals surface area contributed by atoms with Gasteiger partial charge in [-0.15, -0.1) is 0 Å². The zero-order valence-electron chi connectivity index (χ0n) is 14.3. The van der Waals surface area contributed by atoms with Gasteiger partial charge in [-0.2, -0.15) is 0 Å². The first kappa shape index (κ1) is 17.6. The van der Waals surface area contributed by atoms with Crippen LogP contribution in [0.3, 0.4) is 0 Å². The Balaban J connectivity index is 2.05. The van der Waals surface area contributed by atoms with Crippen molar-refractivity contribution in [3.05, 3.63) is 34.3 Å². The Bertz CT molecular complexity index is 947. The number of halogens is 1. The van der Waals surface area contributed by atoms with E-state index in [0.29, 0.717) is 22.7 Å². The Hall–Kier alpha value is -2.23. The van der Waals surface area contributed by atoms with Gasteiger partial charge in [-0.1, -0.05) is 0 Å². The van der Waals surface area contributed by atoms with Crippen LogP contribution in [-0.2, 0) is 4.74 Å². The van der Waals surface area contributed by atoms with Crippen molar-refractivity contribution in [3.63, 3.8) is 0 Å². The maximum Gasteiger partial charge on any atom is 0.420 e. The van der Waals surface area contributed by atoms with E-state index in [2.05, 4.69) is 37.5 Å². The smallest absolute Gasteiger partial charge is 0.420 e. The first-order chi connectivity index (χ1) is 11.8. The third kappa shape index (κ3) is 3.73. The fourth-order valence-electron chi connectivity index (χ4n) is 2.22.